The minimum atomic E-state index is 0.247. The third-order valence-electron chi connectivity index (χ3n) is 3.37. The molecule has 110 valence electrons. The second kappa shape index (κ2) is 7.36. The molecule has 0 bridgehead atoms. The van der Waals surface area contributed by atoms with Gasteiger partial charge in [-0.3, -0.25) is 0 Å². The Morgan fingerprint density at radius 1 is 1.30 bits per heavy atom. The standard InChI is InChI=1S/C16H23NOS2/c1-16(2,6-4-7-18)12-17-10-14-9-13(11-20-14)15-5-3-8-19-15/h3,5,8-9,11,17-18H,4,6-7,10,12H2,1-2H3. The van der Waals surface area contributed by atoms with E-state index in [0.717, 1.165) is 25.9 Å². The summed E-state index contributed by atoms with van der Waals surface area (Å²) in [5.74, 6) is 0. The number of thiophene rings is 2. The van der Waals surface area contributed by atoms with Crippen molar-refractivity contribution in [3.8, 4) is 10.4 Å². The van der Waals surface area contributed by atoms with Crippen LogP contribution in [0.5, 0.6) is 0 Å². The second-order valence-corrected chi connectivity index (χ2v) is 7.82. The minimum Gasteiger partial charge on any atom is -0.396 e. The summed E-state index contributed by atoms with van der Waals surface area (Å²) in [5, 5.41) is 16.8. The molecule has 2 nitrogen and oxygen atoms in total. The first kappa shape index (κ1) is 15.7. The van der Waals surface area contributed by atoms with Crippen molar-refractivity contribution in [3.63, 3.8) is 0 Å². The molecule has 0 saturated carbocycles. The van der Waals surface area contributed by atoms with E-state index in [1.807, 2.05) is 11.3 Å². The quantitative estimate of drug-likeness (QED) is 0.759. The molecule has 0 fully saturated rings. The fourth-order valence-corrected chi connectivity index (χ4v) is 3.86. The molecular weight excluding hydrogens is 286 g/mol. The van der Waals surface area contributed by atoms with Crippen LogP contribution in [0, 0.1) is 5.41 Å². The molecule has 4 heteroatoms. The molecule has 2 aromatic rings. The lowest BCUT2D eigenvalue weighted by molar-refractivity contribution is 0.236. The largest absolute Gasteiger partial charge is 0.396 e. The summed E-state index contributed by atoms with van der Waals surface area (Å²) >= 11 is 3.61. The molecule has 2 aromatic heterocycles. The van der Waals surface area contributed by atoms with Crippen LogP contribution >= 0.6 is 22.7 Å². The minimum absolute atomic E-state index is 0.247. The second-order valence-electron chi connectivity index (χ2n) is 5.87. The Balaban J connectivity index is 1.80. The molecule has 0 saturated heterocycles. The van der Waals surface area contributed by atoms with Crippen molar-refractivity contribution in [2.75, 3.05) is 13.2 Å². The van der Waals surface area contributed by atoms with Crippen molar-refractivity contribution >= 4 is 22.7 Å². The van der Waals surface area contributed by atoms with Gasteiger partial charge >= 0.3 is 0 Å². The van der Waals surface area contributed by atoms with Gasteiger partial charge in [0.15, 0.2) is 0 Å². The van der Waals surface area contributed by atoms with E-state index < -0.39 is 0 Å². The van der Waals surface area contributed by atoms with Crippen molar-refractivity contribution in [2.24, 2.45) is 5.41 Å². The molecule has 0 aliphatic carbocycles. The predicted molar refractivity (Wildman–Crippen MR) is 89.4 cm³/mol. The van der Waals surface area contributed by atoms with E-state index in [1.165, 1.54) is 15.3 Å². The molecule has 0 aliphatic rings. The zero-order chi connectivity index (χ0) is 14.4. The van der Waals surface area contributed by atoms with Crippen LogP contribution < -0.4 is 5.32 Å². The number of aliphatic hydroxyl groups is 1. The zero-order valence-electron chi connectivity index (χ0n) is 12.2. The van der Waals surface area contributed by atoms with Crippen LogP contribution in [0.25, 0.3) is 10.4 Å². The summed E-state index contributed by atoms with van der Waals surface area (Å²) in [4.78, 5) is 2.72. The Hall–Kier alpha value is -0.680. The predicted octanol–water partition coefficient (Wildman–Crippen LogP) is 4.36. The first-order valence-electron chi connectivity index (χ1n) is 7.04. The van der Waals surface area contributed by atoms with Gasteiger partial charge in [0.2, 0.25) is 0 Å². The average molecular weight is 310 g/mol. The Morgan fingerprint density at radius 3 is 2.85 bits per heavy atom. The summed E-state index contributed by atoms with van der Waals surface area (Å²) in [7, 11) is 0. The highest BCUT2D eigenvalue weighted by molar-refractivity contribution is 7.14. The molecule has 2 rings (SSSR count). The fraction of sp³-hybridized carbons (Fsp3) is 0.500. The van der Waals surface area contributed by atoms with Crippen molar-refractivity contribution in [3.05, 3.63) is 33.8 Å². The Morgan fingerprint density at radius 2 is 2.15 bits per heavy atom. The summed E-state index contributed by atoms with van der Waals surface area (Å²) < 4.78 is 0. The molecule has 0 spiro atoms. The van der Waals surface area contributed by atoms with E-state index in [9.17, 15) is 0 Å². The van der Waals surface area contributed by atoms with Crippen molar-refractivity contribution in [1.29, 1.82) is 0 Å². The topological polar surface area (TPSA) is 32.3 Å². The van der Waals surface area contributed by atoms with Crippen molar-refractivity contribution < 1.29 is 5.11 Å². The first-order chi connectivity index (χ1) is 9.61. The summed E-state index contributed by atoms with van der Waals surface area (Å²) in [5.41, 5.74) is 1.58. The molecular formula is C16H23NOS2. The first-order valence-corrected chi connectivity index (χ1v) is 8.79. The summed E-state index contributed by atoms with van der Waals surface area (Å²) in [6.45, 7) is 6.71. The van der Waals surface area contributed by atoms with Gasteiger partial charge in [0.1, 0.15) is 0 Å². The Kier molecular flexibility index (Phi) is 5.78. The summed E-state index contributed by atoms with van der Waals surface area (Å²) in [6.07, 6.45) is 1.94. The molecule has 20 heavy (non-hydrogen) atoms. The van der Waals surface area contributed by atoms with Gasteiger partial charge in [-0.25, -0.2) is 0 Å². The lowest BCUT2D eigenvalue weighted by Gasteiger charge is -2.24. The van der Waals surface area contributed by atoms with E-state index >= 15 is 0 Å². The van der Waals surface area contributed by atoms with Crippen LogP contribution in [0.3, 0.4) is 0 Å². The molecule has 0 amide bonds. The third kappa shape index (κ3) is 4.70. The molecule has 0 unspecified atom stereocenters. The molecule has 0 aromatic carbocycles. The van der Waals surface area contributed by atoms with E-state index in [-0.39, 0.29) is 5.41 Å². The third-order valence-corrected chi connectivity index (χ3v) is 5.23. The normalized spacial score (nSPS) is 11.9. The maximum atomic E-state index is 8.91. The molecule has 0 radical (unpaired) electrons. The SMILES string of the molecule is CC(C)(CCCO)CNCc1cc(-c2cccs2)cs1. The average Bonchev–Trinajstić information content (AvgIpc) is 3.06. The maximum absolute atomic E-state index is 8.91. The van der Waals surface area contributed by atoms with E-state index in [4.69, 9.17) is 5.11 Å². The van der Waals surface area contributed by atoms with Gasteiger partial charge in [0.05, 0.1) is 0 Å². The van der Waals surface area contributed by atoms with Crippen molar-refractivity contribution in [1.82, 2.24) is 5.32 Å². The van der Waals surface area contributed by atoms with Gasteiger partial charge in [0, 0.05) is 35.0 Å². The fourth-order valence-electron chi connectivity index (χ4n) is 2.22. The molecule has 0 atom stereocenters. The molecule has 2 N–H and O–H groups in total. The van der Waals surface area contributed by atoms with Gasteiger partial charge in [-0.2, -0.15) is 0 Å². The van der Waals surface area contributed by atoms with Crippen LogP contribution in [0.2, 0.25) is 0 Å². The van der Waals surface area contributed by atoms with E-state index in [2.05, 4.69) is 48.1 Å². The highest BCUT2D eigenvalue weighted by Crippen LogP contribution is 2.29. The Bertz CT molecular complexity index is 502. The number of nitrogens with one attached hydrogen (secondary N) is 1. The van der Waals surface area contributed by atoms with Crippen LogP contribution in [-0.4, -0.2) is 18.3 Å². The van der Waals surface area contributed by atoms with E-state index in [0.29, 0.717) is 6.61 Å². The highest BCUT2D eigenvalue weighted by Gasteiger charge is 2.16. The Labute approximate surface area is 129 Å². The van der Waals surface area contributed by atoms with Gasteiger partial charge < -0.3 is 10.4 Å². The number of hydrogen-bond donors (Lipinski definition) is 2. The number of hydrogen-bond acceptors (Lipinski definition) is 4. The van der Waals surface area contributed by atoms with Crippen LogP contribution in [0.15, 0.2) is 29.0 Å². The zero-order valence-corrected chi connectivity index (χ0v) is 13.8. The highest BCUT2D eigenvalue weighted by atomic mass is 32.1. The molecule has 2 heterocycles. The van der Waals surface area contributed by atoms with E-state index in [1.54, 1.807) is 11.3 Å². The summed E-state index contributed by atoms with van der Waals surface area (Å²) in [6, 6.07) is 6.55. The number of aliphatic hydroxyl groups excluding tert-OH is 1. The van der Waals surface area contributed by atoms with Crippen LogP contribution in [0.1, 0.15) is 31.6 Å². The van der Waals surface area contributed by atoms with Gasteiger partial charge in [-0.05, 0) is 41.1 Å². The van der Waals surface area contributed by atoms with Gasteiger partial charge in [-0.1, -0.05) is 19.9 Å². The molecule has 0 aliphatic heterocycles. The lowest BCUT2D eigenvalue weighted by Crippen LogP contribution is -2.29. The van der Waals surface area contributed by atoms with Gasteiger partial charge in [-0.15, -0.1) is 22.7 Å². The number of rotatable bonds is 8. The maximum Gasteiger partial charge on any atom is 0.0431 e. The van der Waals surface area contributed by atoms with Crippen molar-refractivity contribution in [2.45, 2.75) is 33.2 Å². The van der Waals surface area contributed by atoms with Gasteiger partial charge in [0.25, 0.3) is 0 Å². The lowest BCUT2D eigenvalue weighted by atomic mass is 9.88. The smallest absolute Gasteiger partial charge is 0.0431 e. The van der Waals surface area contributed by atoms with Crippen LogP contribution in [0.4, 0.5) is 0 Å². The monoisotopic (exact) mass is 309 g/mol. The van der Waals surface area contributed by atoms with Crippen LogP contribution in [-0.2, 0) is 6.54 Å².